The second-order valence-electron chi connectivity index (χ2n) is 22.7. The Hall–Kier alpha value is -4.45. The fourth-order valence-electron chi connectivity index (χ4n) is 9.52. The molecule has 0 saturated heterocycles. The van der Waals surface area contributed by atoms with Gasteiger partial charge in [0.1, 0.15) is 13.2 Å². The van der Waals surface area contributed by atoms with Crippen LogP contribution in [-0.2, 0) is 28.6 Å². The Morgan fingerprint density at radius 3 is 0.807 bits per heavy atom. The summed E-state index contributed by atoms with van der Waals surface area (Å²) in [5, 5.41) is 0. The van der Waals surface area contributed by atoms with Crippen molar-refractivity contribution in [3.05, 3.63) is 134 Å². The maximum absolute atomic E-state index is 12.9. The summed E-state index contributed by atoms with van der Waals surface area (Å²) < 4.78 is 16.9. The Kier molecular flexibility index (Phi) is 66.3. The number of unbranched alkanes of at least 4 members (excludes halogenated alkanes) is 29. The summed E-state index contributed by atoms with van der Waals surface area (Å²) in [6.07, 6.45) is 99.3. The van der Waals surface area contributed by atoms with Crippen molar-refractivity contribution in [3.8, 4) is 0 Å². The fraction of sp³-hybridized carbons (Fsp3) is 0.675. The molecule has 0 aromatic carbocycles. The van der Waals surface area contributed by atoms with Crippen LogP contribution in [0.2, 0.25) is 0 Å². The first-order valence-corrected chi connectivity index (χ1v) is 34.7. The molecule has 0 aromatic heterocycles. The van der Waals surface area contributed by atoms with E-state index in [0.717, 1.165) is 109 Å². The lowest BCUT2D eigenvalue weighted by molar-refractivity contribution is -0.166. The third-order valence-corrected chi connectivity index (χ3v) is 14.6. The average molecular weight is 1150 g/mol. The number of rotatable bonds is 62. The standard InChI is InChI=1S/C77H128O6/c1-4-7-10-13-16-19-22-25-27-29-30-31-32-33-34-35-36-37-38-39-40-41-42-43-44-45-46-48-49-52-55-58-61-64-67-70-76(79)82-73-74(72-81-75(78)69-66-63-60-57-54-51-24-21-18-15-12-9-6-3)83-77(80)71-68-65-62-59-56-53-50-47-28-26-23-20-17-14-11-8-5-2/h7,9-10,12,16-21,25-28,30-31,33-34,51,54,60,63,74H,4-6,8,11,13-15,22-24,29,32,35-50,52-53,55-59,61-62,64-73H2,1-3H3/b10-7-,12-9-,19-16-,20-17-,21-18-,27-25-,28-26-,31-30-,34-33-,54-51-,63-60-. The Labute approximate surface area is 513 Å². The molecular formula is C77H128O6. The fourth-order valence-corrected chi connectivity index (χ4v) is 9.52. The number of allylic oxidation sites excluding steroid dienone is 22. The lowest BCUT2D eigenvalue weighted by Gasteiger charge is -2.18. The van der Waals surface area contributed by atoms with E-state index in [1.165, 1.54) is 161 Å². The molecule has 0 N–H and O–H groups in total. The van der Waals surface area contributed by atoms with E-state index in [1.807, 2.05) is 6.08 Å². The van der Waals surface area contributed by atoms with Gasteiger partial charge in [0, 0.05) is 19.3 Å². The lowest BCUT2D eigenvalue weighted by atomic mass is 10.0. The van der Waals surface area contributed by atoms with E-state index in [9.17, 15) is 14.4 Å². The van der Waals surface area contributed by atoms with Crippen molar-refractivity contribution in [2.24, 2.45) is 0 Å². The zero-order valence-electron chi connectivity index (χ0n) is 54.2. The smallest absolute Gasteiger partial charge is 0.306 e. The minimum absolute atomic E-state index is 0.103. The summed E-state index contributed by atoms with van der Waals surface area (Å²) in [4.78, 5) is 38.3. The van der Waals surface area contributed by atoms with Gasteiger partial charge in [-0.2, -0.15) is 0 Å². The Balaban J connectivity index is 4.18. The summed E-state index contributed by atoms with van der Waals surface area (Å²) in [6, 6.07) is 0. The first kappa shape index (κ1) is 78.5. The number of esters is 3. The Morgan fingerprint density at radius 1 is 0.253 bits per heavy atom. The summed E-state index contributed by atoms with van der Waals surface area (Å²) in [5.41, 5.74) is 0. The molecule has 0 radical (unpaired) electrons. The summed E-state index contributed by atoms with van der Waals surface area (Å²) in [5.74, 6) is -0.989. The highest BCUT2D eigenvalue weighted by Gasteiger charge is 2.19. The molecule has 6 nitrogen and oxygen atoms in total. The van der Waals surface area contributed by atoms with Crippen LogP contribution in [0.5, 0.6) is 0 Å². The van der Waals surface area contributed by atoms with Gasteiger partial charge in [-0.15, -0.1) is 0 Å². The SMILES string of the molecule is CC/C=C\C/C=C\C/C=C\C/C=C\C/C=C\CCCCCCCCCCCCCCCCCCCCCC(=O)OCC(COC(=O)CC/C=C\C/C=C\C/C=C\C/C=C\CC)OC(=O)CCCCCCCCC/C=C\C/C=C\CCCCC. The zero-order valence-corrected chi connectivity index (χ0v) is 54.2. The number of ether oxygens (including phenoxy) is 3. The molecule has 0 saturated carbocycles. The monoisotopic (exact) mass is 1150 g/mol. The lowest BCUT2D eigenvalue weighted by Crippen LogP contribution is -2.30. The molecular weight excluding hydrogens is 1020 g/mol. The van der Waals surface area contributed by atoms with E-state index in [2.05, 4.69) is 148 Å². The molecule has 0 aliphatic carbocycles. The van der Waals surface area contributed by atoms with Crippen LogP contribution >= 0.6 is 0 Å². The van der Waals surface area contributed by atoms with Crippen LogP contribution in [0.1, 0.15) is 316 Å². The van der Waals surface area contributed by atoms with Gasteiger partial charge in [0.25, 0.3) is 0 Å². The maximum Gasteiger partial charge on any atom is 0.306 e. The van der Waals surface area contributed by atoms with Gasteiger partial charge < -0.3 is 14.2 Å². The van der Waals surface area contributed by atoms with E-state index < -0.39 is 6.10 Å². The minimum atomic E-state index is -0.814. The molecule has 0 rings (SSSR count). The van der Waals surface area contributed by atoms with E-state index >= 15 is 0 Å². The van der Waals surface area contributed by atoms with Gasteiger partial charge in [-0.05, 0) is 122 Å². The molecule has 0 heterocycles. The molecule has 0 fully saturated rings. The molecule has 83 heavy (non-hydrogen) atoms. The van der Waals surface area contributed by atoms with Crippen LogP contribution in [0.3, 0.4) is 0 Å². The number of hydrogen-bond acceptors (Lipinski definition) is 6. The second-order valence-corrected chi connectivity index (χ2v) is 22.7. The predicted molar refractivity (Wildman–Crippen MR) is 362 cm³/mol. The predicted octanol–water partition coefficient (Wildman–Crippen LogP) is 24.1. The van der Waals surface area contributed by atoms with Gasteiger partial charge in [-0.1, -0.05) is 309 Å². The van der Waals surface area contributed by atoms with Crippen molar-refractivity contribution in [3.63, 3.8) is 0 Å². The van der Waals surface area contributed by atoms with Crippen LogP contribution in [0, 0.1) is 0 Å². The maximum atomic E-state index is 12.9. The highest BCUT2D eigenvalue weighted by Crippen LogP contribution is 2.17. The van der Waals surface area contributed by atoms with Crippen LogP contribution < -0.4 is 0 Å². The topological polar surface area (TPSA) is 78.9 Å². The summed E-state index contributed by atoms with van der Waals surface area (Å²) >= 11 is 0. The normalized spacial score (nSPS) is 13.0. The van der Waals surface area contributed by atoms with Crippen LogP contribution in [0.4, 0.5) is 0 Å². The molecule has 6 heteroatoms. The molecule has 1 atom stereocenters. The molecule has 0 aliphatic heterocycles. The highest BCUT2D eigenvalue weighted by molar-refractivity contribution is 5.71. The molecule has 0 amide bonds. The summed E-state index contributed by atoms with van der Waals surface area (Å²) in [6.45, 7) is 6.33. The van der Waals surface area contributed by atoms with Crippen molar-refractivity contribution in [2.45, 2.75) is 322 Å². The first-order chi connectivity index (χ1) is 41.0. The van der Waals surface area contributed by atoms with Crippen LogP contribution in [-0.4, -0.2) is 37.2 Å². The molecule has 0 aliphatic rings. The highest BCUT2D eigenvalue weighted by atomic mass is 16.6. The minimum Gasteiger partial charge on any atom is -0.462 e. The third kappa shape index (κ3) is 68.2. The number of carbonyl (C=O) groups excluding carboxylic acids is 3. The molecule has 1 unspecified atom stereocenters. The number of carbonyl (C=O) groups is 3. The molecule has 0 bridgehead atoms. The third-order valence-electron chi connectivity index (χ3n) is 14.6. The van der Waals surface area contributed by atoms with Crippen molar-refractivity contribution in [1.29, 1.82) is 0 Å². The van der Waals surface area contributed by atoms with Crippen molar-refractivity contribution < 1.29 is 28.6 Å². The molecule has 472 valence electrons. The van der Waals surface area contributed by atoms with Gasteiger partial charge in [0.05, 0.1) is 0 Å². The van der Waals surface area contributed by atoms with Gasteiger partial charge in [0.15, 0.2) is 6.10 Å². The van der Waals surface area contributed by atoms with Crippen molar-refractivity contribution in [1.82, 2.24) is 0 Å². The van der Waals surface area contributed by atoms with Crippen molar-refractivity contribution >= 4 is 17.9 Å². The van der Waals surface area contributed by atoms with E-state index in [4.69, 9.17) is 14.2 Å². The van der Waals surface area contributed by atoms with Crippen molar-refractivity contribution in [2.75, 3.05) is 13.2 Å². The molecule has 0 spiro atoms. The van der Waals surface area contributed by atoms with E-state index in [0.29, 0.717) is 19.3 Å². The largest absolute Gasteiger partial charge is 0.462 e. The van der Waals surface area contributed by atoms with Gasteiger partial charge in [-0.3, -0.25) is 14.4 Å². The van der Waals surface area contributed by atoms with Crippen LogP contribution in [0.15, 0.2) is 134 Å². The average Bonchev–Trinajstić information content (AvgIpc) is 3.49. The zero-order chi connectivity index (χ0) is 59.9. The number of hydrogen-bond donors (Lipinski definition) is 0. The van der Waals surface area contributed by atoms with Crippen LogP contribution in [0.25, 0.3) is 0 Å². The first-order valence-electron chi connectivity index (χ1n) is 34.7. The molecule has 0 aromatic rings. The Morgan fingerprint density at radius 2 is 0.494 bits per heavy atom. The summed E-state index contributed by atoms with van der Waals surface area (Å²) in [7, 11) is 0. The second kappa shape index (κ2) is 70.0. The van der Waals surface area contributed by atoms with Gasteiger partial charge in [-0.25, -0.2) is 0 Å². The van der Waals surface area contributed by atoms with E-state index in [1.54, 1.807) is 0 Å². The van der Waals surface area contributed by atoms with Gasteiger partial charge in [0.2, 0.25) is 0 Å². The Bertz CT molecular complexity index is 1750. The van der Waals surface area contributed by atoms with E-state index in [-0.39, 0.29) is 37.5 Å². The van der Waals surface area contributed by atoms with Gasteiger partial charge >= 0.3 is 17.9 Å². The quantitative estimate of drug-likeness (QED) is 0.0261.